The number of nitrogens with one attached hydrogen (secondary N) is 1. The molecule has 1 aliphatic carbocycles. The first-order chi connectivity index (χ1) is 9.20. The number of methoxy groups -OCH3 is 1. The van der Waals surface area contributed by atoms with Gasteiger partial charge in [-0.15, -0.1) is 0 Å². The second kappa shape index (κ2) is 6.60. The van der Waals surface area contributed by atoms with Crippen LogP contribution in [0.5, 0.6) is 5.75 Å². The van der Waals surface area contributed by atoms with Crippen LogP contribution >= 0.6 is 0 Å². The molecule has 3 heteroatoms. The lowest BCUT2D eigenvalue weighted by Crippen LogP contribution is -2.30. The van der Waals surface area contributed by atoms with E-state index in [1.807, 2.05) is 13.0 Å². The lowest BCUT2D eigenvalue weighted by molar-refractivity contribution is -0.124. The maximum absolute atomic E-state index is 11.9. The number of carbonyl (C=O) groups excluding carboxylic acids is 1. The molecule has 19 heavy (non-hydrogen) atoms. The molecular formula is C16H23NO2. The van der Waals surface area contributed by atoms with E-state index in [0.29, 0.717) is 0 Å². The summed E-state index contributed by atoms with van der Waals surface area (Å²) in [6, 6.07) is 6.18. The number of aryl methyl sites for hydroxylation is 1. The SMILES string of the molecule is COc1ccc(CCNC(=O)C2CCCC2)cc1C. The van der Waals surface area contributed by atoms with Crippen LogP contribution in [-0.4, -0.2) is 19.6 Å². The molecule has 1 N–H and O–H groups in total. The van der Waals surface area contributed by atoms with Gasteiger partial charge in [-0.3, -0.25) is 4.79 Å². The van der Waals surface area contributed by atoms with Gasteiger partial charge in [0.15, 0.2) is 0 Å². The van der Waals surface area contributed by atoms with E-state index in [1.54, 1.807) is 7.11 Å². The number of hydrogen-bond acceptors (Lipinski definition) is 2. The summed E-state index contributed by atoms with van der Waals surface area (Å²) in [5, 5.41) is 3.05. The summed E-state index contributed by atoms with van der Waals surface area (Å²) in [5.74, 6) is 1.42. The number of ether oxygens (including phenoxy) is 1. The van der Waals surface area contributed by atoms with Gasteiger partial charge in [0.1, 0.15) is 5.75 Å². The Kier molecular flexibility index (Phi) is 4.83. The van der Waals surface area contributed by atoms with Gasteiger partial charge >= 0.3 is 0 Å². The van der Waals surface area contributed by atoms with Crippen LogP contribution < -0.4 is 10.1 Å². The van der Waals surface area contributed by atoms with E-state index in [4.69, 9.17) is 4.74 Å². The number of amides is 1. The molecule has 1 aromatic carbocycles. The second-order valence-corrected chi connectivity index (χ2v) is 5.33. The van der Waals surface area contributed by atoms with Gasteiger partial charge < -0.3 is 10.1 Å². The van der Waals surface area contributed by atoms with Crippen LogP contribution in [-0.2, 0) is 11.2 Å². The highest BCUT2D eigenvalue weighted by Gasteiger charge is 2.21. The van der Waals surface area contributed by atoms with Gasteiger partial charge in [-0.05, 0) is 43.4 Å². The molecule has 1 aromatic rings. The van der Waals surface area contributed by atoms with E-state index in [9.17, 15) is 4.79 Å². The lowest BCUT2D eigenvalue weighted by atomic mass is 10.1. The molecule has 0 aliphatic heterocycles. The minimum absolute atomic E-state index is 0.239. The third-order valence-electron chi connectivity index (χ3n) is 3.90. The molecule has 0 bridgehead atoms. The summed E-state index contributed by atoms with van der Waals surface area (Å²) >= 11 is 0. The normalized spacial score (nSPS) is 15.5. The van der Waals surface area contributed by atoms with E-state index >= 15 is 0 Å². The zero-order chi connectivity index (χ0) is 13.7. The van der Waals surface area contributed by atoms with Crippen molar-refractivity contribution in [1.82, 2.24) is 5.32 Å². The van der Waals surface area contributed by atoms with Crippen molar-refractivity contribution in [2.45, 2.75) is 39.0 Å². The van der Waals surface area contributed by atoms with E-state index < -0.39 is 0 Å². The first-order valence-electron chi connectivity index (χ1n) is 7.12. The Bertz CT molecular complexity index is 436. The highest BCUT2D eigenvalue weighted by molar-refractivity contribution is 5.78. The predicted molar refractivity (Wildman–Crippen MR) is 76.4 cm³/mol. The van der Waals surface area contributed by atoms with Gasteiger partial charge in [0.2, 0.25) is 5.91 Å². The summed E-state index contributed by atoms with van der Waals surface area (Å²) in [6.45, 7) is 2.76. The van der Waals surface area contributed by atoms with Crippen LogP contribution in [0.4, 0.5) is 0 Å². The lowest BCUT2D eigenvalue weighted by Gasteiger charge is -2.11. The van der Waals surface area contributed by atoms with Crippen molar-refractivity contribution in [2.24, 2.45) is 5.92 Å². The minimum Gasteiger partial charge on any atom is -0.496 e. The molecular weight excluding hydrogens is 238 g/mol. The van der Waals surface area contributed by atoms with E-state index in [1.165, 1.54) is 18.4 Å². The standard InChI is InChI=1S/C16H23NO2/c1-12-11-13(7-8-15(12)19-2)9-10-17-16(18)14-5-3-4-6-14/h7-8,11,14H,3-6,9-10H2,1-2H3,(H,17,18). The van der Waals surface area contributed by atoms with Crippen molar-refractivity contribution in [2.75, 3.05) is 13.7 Å². The fourth-order valence-corrected chi connectivity index (χ4v) is 2.76. The highest BCUT2D eigenvalue weighted by Crippen LogP contribution is 2.24. The Morgan fingerprint density at radius 1 is 1.37 bits per heavy atom. The maximum Gasteiger partial charge on any atom is 0.223 e. The molecule has 1 saturated carbocycles. The number of carbonyl (C=O) groups is 1. The first kappa shape index (κ1) is 13.9. The average Bonchev–Trinajstić information content (AvgIpc) is 2.93. The third kappa shape index (κ3) is 3.72. The summed E-state index contributed by atoms with van der Waals surface area (Å²) in [6.07, 6.45) is 5.41. The van der Waals surface area contributed by atoms with Crippen molar-refractivity contribution < 1.29 is 9.53 Å². The number of rotatable bonds is 5. The molecule has 0 heterocycles. The van der Waals surface area contributed by atoms with Crippen molar-refractivity contribution in [1.29, 1.82) is 0 Å². The monoisotopic (exact) mass is 261 g/mol. The Morgan fingerprint density at radius 3 is 2.74 bits per heavy atom. The van der Waals surface area contributed by atoms with Crippen molar-refractivity contribution in [3.63, 3.8) is 0 Å². The molecule has 104 valence electrons. The van der Waals surface area contributed by atoms with Crippen LogP contribution in [0.1, 0.15) is 36.8 Å². The molecule has 0 atom stereocenters. The maximum atomic E-state index is 11.9. The zero-order valence-corrected chi connectivity index (χ0v) is 11.9. The molecule has 1 fully saturated rings. The van der Waals surface area contributed by atoms with Gasteiger partial charge in [-0.2, -0.15) is 0 Å². The highest BCUT2D eigenvalue weighted by atomic mass is 16.5. The third-order valence-corrected chi connectivity index (χ3v) is 3.90. The summed E-state index contributed by atoms with van der Waals surface area (Å²) < 4.78 is 5.24. The van der Waals surface area contributed by atoms with Crippen LogP contribution in [0.15, 0.2) is 18.2 Å². The molecule has 0 spiro atoms. The number of hydrogen-bond donors (Lipinski definition) is 1. The van der Waals surface area contributed by atoms with Gasteiger partial charge in [0.25, 0.3) is 0 Å². The molecule has 3 nitrogen and oxygen atoms in total. The van der Waals surface area contributed by atoms with Gasteiger partial charge in [0, 0.05) is 12.5 Å². The predicted octanol–water partition coefficient (Wildman–Crippen LogP) is 2.85. The fourth-order valence-electron chi connectivity index (χ4n) is 2.76. The van der Waals surface area contributed by atoms with Crippen LogP contribution in [0.2, 0.25) is 0 Å². The number of benzene rings is 1. The topological polar surface area (TPSA) is 38.3 Å². The van der Waals surface area contributed by atoms with Crippen LogP contribution in [0.25, 0.3) is 0 Å². The molecule has 0 saturated heterocycles. The van der Waals surface area contributed by atoms with Gasteiger partial charge in [0.05, 0.1) is 7.11 Å². The molecule has 2 rings (SSSR count). The average molecular weight is 261 g/mol. The second-order valence-electron chi connectivity index (χ2n) is 5.33. The fraction of sp³-hybridized carbons (Fsp3) is 0.562. The Balaban J connectivity index is 1.79. The van der Waals surface area contributed by atoms with Crippen LogP contribution in [0.3, 0.4) is 0 Å². The molecule has 0 unspecified atom stereocenters. The Labute approximate surface area is 115 Å². The smallest absolute Gasteiger partial charge is 0.223 e. The quantitative estimate of drug-likeness (QED) is 0.885. The molecule has 1 amide bonds. The summed E-state index contributed by atoms with van der Waals surface area (Å²) in [5.41, 5.74) is 2.38. The van der Waals surface area contributed by atoms with Gasteiger partial charge in [-0.1, -0.05) is 25.0 Å². The Hall–Kier alpha value is -1.51. The van der Waals surface area contributed by atoms with Crippen molar-refractivity contribution in [3.8, 4) is 5.75 Å². The molecule has 0 radical (unpaired) electrons. The van der Waals surface area contributed by atoms with E-state index in [-0.39, 0.29) is 11.8 Å². The largest absolute Gasteiger partial charge is 0.496 e. The van der Waals surface area contributed by atoms with Crippen molar-refractivity contribution >= 4 is 5.91 Å². The Morgan fingerprint density at radius 2 is 2.11 bits per heavy atom. The minimum atomic E-state index is 0.239. The molecule has 0 aromatic heterocycles. The zero-order valence-electron chi connectivity index (χ0n) is 11.9. The summed E-state index contributed by atoms with van der Waals surface area (Å²) in [7, 11) is 1.68. The van der Waals surface area contributed by atoms with E-state index in [2.05, 4.69) is 17.4 Å². The first-order valence-corrected chi connectivity index (χ1v) is 7.12. The van der Waals surface area contributed by atoms with Crippen molar-refractivity contribution in [3.05, 3.63) is 29.3 Å². The molecule has 1 aliphatic rings. The van der Waals surface area contributed by atoms with Gasteiger partial charge in [-0.25, -0.2) is 0 Å². The van der Waals surface area contributed by atoms with Crippen LogP contribution in [0, 0.1) is 12.8 Å². The van der Waals surface area contributed by atoms with E-state index in [0.717, 1.165) is 37.1 Å². The summed E-state index contributed by atoms with van der Waals surface area (Å²) in [4.78, 5) is 11.9.